The van der Waals surface area contributed by atoms with E-state index in [1.807, 2.05) is 0 Å². The van der Waals surface area contributed by atoms with Gasteiger partial charge in [0, 0.05) is 0 Å². The van der Waals surface area contributed by atoms with E-state index in [2.05, 4.69) is 9.47 Å². The molecule has 0 bridgehead atoms. The Morgan fingerprint density at radius 3 is 2.11 bits per heavy atom. The van der Waals surface area contributed by atoms with Crippen molar-refractivity contribution in [3.8, 4) is 5.75 Å². The number of carbonyl (C=O) groups excluding carboxylic acids is 1. The van der Waals surface area contributed by atoms with Crippen LogP contribution in [-0.2, 0) is 15.1 Å². The fourth-order valence-corrected chi connectivity index (χ4v) is 1.33. The normalized spacial score (nSPS) is 14.8. The van der Waals surface area contributed by atoms with Gasteiger partial charge in [0.1, 0.15) is 11.3 Å². The molecule has 0 heterocycles. The van der Waals surface area contributed by atoms with E-state index in [1.54, 1.807) is 0 Å². The number of carbonyl (C=O) groups is 1. The van der Waals surface area contributed by atoms with Crippen LogP contribution >= 0.6 is 0 Å². The van der Waals surface area contributed by atoms with Gasteiger partial charge >= 0.3 is 12.3 Å². The summed E-state index contributed by atoms with van der Waals surface area (Å²) >= 11 is 0. The van der Waals surface area contributed by atoms with E-state index in [4.69, 9.17) is 5.73 Å². The fraction of sp³-hybridized carbons (Fsp3) is 0.364. The second-order valence-electron chi connectivity index (χ2n) is 3.77. The second kappa shape index (κ2) is 4.85. The minimum absolute atomic E-state index is 0.323. The Morgan fingerprint density at radius 1 is 1.22 bits per heavy atom. The predicted octanol–water partition coefficient (Wildman–Crippen LogP) is 1.93. The quantitative estimate of drug-likeness (QED) is 0.846. The first-order valence-corrected chi connectivity index (χ1v) is 4.90. The molecule has 0 radical (unpaired) electrons. The molecule has 7 heteroatoms. The lowest BCUT2D eigenvalue weighted by Gasteiger charge is -2.22. The molecule has 0 aromatic heterocycles. The molecular formula is C11H12F3NO3. The highest BCUT2D eigenvalue weighted by molar-refractivity contribution is 5.81. The summed E-state index contributed by atoms with van der Waals surface area (Å²) in [5.41, 5.74) is 4.63. The Morgan fingerprint density at radius 2 is 1.72 bits per heavy atom. The van der Waals surface area contributed by atoms with Crippen molar-refractivity contribution in [1.82, 2.24) is 0 Å². The number of methoxy groups -OCH3 is 1. The molecule has 0 aliphatic heterocycles. The van der Waals surface area contributed by atoms with Crippen molar-refractivity contribution in [2.45, 2.75) is 18.8 Å². The van der Waals surface area contributed by atoms with Crippen LogP contribution in [0.4, 0.5) is 13.2 Å². The number of hydrogen-bond donors (Lipinski definition) is 1. The van der Waals surface area contributed by atoms with Gasteiger partial charge in [-0.3, -0.25) is 0 Å². The SMILES string of the molecule is COC(=O)C(C)(N)c1ccc(OC(F)(F)F)cc1. The van der Waals surface area contributed by atoms with Crippen LogP contribution in [0.1, 0.15) is 12.5 Å². The number of rotatable bonds is 3. The average molecular weight is 263 g/mol. The topological polar surface area (TPSA) is 61.5 Å². The predicted molar refractivity (Wildman–Crippen MR) is 56.7 cm³/mol. The fourth-order valence-electron chi connectivity index (χ4n) is 1.33. The van der Waals surface area contributed by atoms with E-state index in [9.17, 15) is 18.0 Å². The summed E-state index contributed by atoms with van der Waals surface area (Å²) in [4.78, 5) is 11.4. The Kier molecular flexibility index (Phi) is 3.85. The van der Waals surface area contributed by atoms with E-state index in [0.29, 0.717) is 5.56 Å². The van der Waals surface area contributed by atoms with Gasteiger partial charge in [-0.2, -0.15) is 0 Å². The molecule has 100 valence electrons. The third kappa shape index (κ3) is 3.36. The molecule has 18 heavy (non-hydrogen) atoms. The molecule has 1 unspecified atom stereocenters. The van der Waals surface area contributed by atoms with Crippen molar-refractivity contribution >= 4 is 5.97 Å². The highest BCUT2D eigenvalue weighted by atomic mass is 19.4. The molecule has 1 aromatic carbocycles. The Balaban J connectivity index is 2.92. The Hall–Kier alpha value is -1.76. The lowest BCUT2D eigenvalue weighted by molar-refractivity contribution is -0.274. The van der Waals surface area contributed by atoms with Crippen LogP contribution in [0, 0.1) is 0 Å². The molecule has 0 aliphatic carbocycles. The van der Waals surface area contributed by atoms with Crippen LogP contribution in [0.3, 0.4) is 0 Å². The van der Waals surface area contributed by atoms with Crippen LogP contribution in [0.25, 0.3) is 0 Å². The first kappa shape index (κ1) is 14.3. The zero-order valence-corrected chi connectivity index (χ0v) is 9.75. The second-order valence-corrected chi connectivity index (χ2v) is 3.77. The minimum Gasteiger partial charge on any atom is -0.467 e. The summed E-state index contributed by atoms with van der Waals surface area (Å²) in [7, 11) is 1.18. The van der Waals surface area contributed by atoms with Gasteiger partial charge in [0.2, 0.25) is 0 Å². The Bertz CT molecular complexity index is 426. The number of ether oxygens (including phenoxy) is 2. The molecule has 0 saturated heterocycles. The highest BCUT2D eigenvalue weighted by Gasteiger charge is 2.33. The average Bonchev–Trinajstić information content (AvgIpc) is 2.26. The van der Waals surface area contributed by atoms with E-state index in [-0.39, 0.29) is 5.75 Å². The summed E-state index contributed by atoms with van der Waals surface area (Å²) < 4.78 is 44.0. The van der Waals surface area contributed by atoms with Gasteiger partial charge in [-0.1, -0.05) is 12.1 Å². The Labute approximate surface area is 101 Å². The number of halogens is 3. The maximum Gasteiger partial charge on any atom is 0.573 e. The standard InChI is InChI=1S/C11H12F3NO3/c1-10(15,9(16)17-2)7-3-5-8(6-4-7)18-11(12,13)14/h3-6H,15H2,1-2H3. The number of alkyl halides is 3. The summed E-state index contributed by atoms with van der Waals surface area (Å²) in [6.07, 6.45) is -4.75. The van der Waals surface area contributed by atoms with Crippen LogP contribution in [-0.4, -0.2) is 19.4 Å². The number of benzene rings is 1. The zero-order chi connectivity index (χ0) is 14.0. The molecule has 4 nitrogen and oxygen atoms in total. The third-order valence-corrected chi connectivity index (χ3v) is 2.30. The number of nitrogens with two attached hydrogens (primary N) is 1. The maximum absolute atomic E-state index is 11.9. The van der Waals surface area contributed by atoms with Crippen molar-refractivity contribution in [2.24, 2.45) is 5.73 Å². The molecule has 0 aliphatic rings. The summed E-state index contributed by atoms with van der Waals surface area (Å²) in [6.45, 7) is 1.40. The van der Waals surface area contributed by atoms with E-state index >= 15 is 0 Å². The lowest BCUT2D eigenvalue weighted by Crippen LogP contribution is -2.42. The van der Waals surface area contributed by atoms with Gasteiger partial charge in [-0.15, -0.1) is 13.2 Å². The summed E-state index contributed by atoms with van der Waals surface area (Å²) in [5.74, 6) is -1.07. The summed E-state index contributed by atoms with van der Waals surface area (Å²) in [6, 6.07) is 4.71. The molecule has 1 aromatic rings. The number of esters is 1. The molecule has 0 saturated carbocycles. The van der Waals surface area contributed by atoms with Crippen molar-refractivity contribution in [3.63, 3.8) is 0 Å². The van der Waals surface area contributed by atoms with Crippen LogP contribution in [0.15, 0.2) is 24.3 Å². The van der Waals surface area contributed by atoms with E-state index < -0.39 is 17.9 Å². The smallest absolute Gasteiger partial charge is 0.467 e. The molecule has 1 atom stereocenters. The van der Waals surface area contributed by atoms with E-state index in [1.165, 1.54) is 26.2 Å². The molecule has 1 rings (SSSR count). The maximum atomic E-state index is 11.9. The molecule has 0 amide bonds. The monoisotopic (exact) mass is 263 g/mol. The van der Waals surface area contributed by atoms with Crippen molar-refractivity contribution in [1.29, 1.82) is 0 Å². The van der Waals surface area contributed by atoms with Crippen molar-refractivity contribution in [3.05, 3.63) is 29.8 Å². The van der Waals surface area contributed by atoms with Crippen LogP contribution in [0.5, 0.6) is 5.75 Å². The van der Waals surface area contributed by atoms with Gasteiger partial charge in [0.05, 0.1) is 7.11 Å². The van der Waals surface area contributed by atoms with Crippen LogP contribution < -0.4 is 10.5 Å². The largest absolute Gasteiger partial charge is 0.573 e. The van der Waals surface area contributed by atoms with Gasteiger partial charge < -0.3 is 15.2 Å². The minimum atomic E-state index is -4.75. The third-order valence-electron chi connectivity index (χ3n) is 2.30. The van der Waals surface area contributed by atoms with Gasteiger partial charge in [0.15, 0.2) is 0 Å². The number of hydrogen-bond acceptors (Lipinski definition) is 4. The first-order chi connectivity index (χ1) is 8.16. The van der Waals surface area contributed by atoms with Gasteiger partial charge in [-0.05, 0) is 24.6 Å². The van der Waals surface area contributed by atoms with Gasteiger partial charge in [0.25, 0.3) is 0 Å². The van der Waals surface area contributed by atoms with Crippen LogP contribution in [0.2, 0.25) is 0 Å². The van der Waals surface area contributed by atoms with Crippen molar-refractivity contribution < 1.29 is 27.4 Å². The van der Waals surface area contributed by atoms with Gasteiger partial charge in [-0.25, -0.2) is 4.79 Å². The molecule has 0 spiro atoms. The molecule has 2 N–H and O–H groups in total. The summed E-state index contributed by atoms with van der Waals surface area (Å²) in [5, 5.41) is 0. The molecule has 0 fully saturated rings. The van der Waals surface area contributed by atoms with E-state index in [0.717, 1.165) is 12.1 Å². The highest BCUT2D eigenvalue weighted by Crippen LogP contribution is 2.26. The molecular weight excluding hydrogens is 251 g/mol. The van der Waals surface area contributed by atoms with Crippen molar-refractivity contribution in [2.75, 3.05) is 7.11 Å². The lowest BCUT2D eigenvalue weighted by atomic mass is 9.93. The zero-order valence-electron chi connectivity index (χ0n) is 9.75. The first-order valence-electron chi connectivity index (χ1n) is 4.90.